The molecule has 1 aromatic rings. The van der Waals surface area contributed by atoms with Gasteiger partial charge in [0, 0.05) is 17.5 Å². The number of amides is 2. The van der Waals surface area contributed by atoms with Crippen LogP contribution in [0.25, 0.3) is 5.57 Å². The highest BCUT2D eigenvalue weighted by Crippen LogP contribution is 2.27. The Kier molecular flexibility index (Phi) is 4.55. The van der Waals surface area contributed by atoms with Crippen molar-refractivity contribution in [1.29, 1.82) is 5.26 Å². The molecule has 6 heteroatoms. The molecule has 0 aliphatic carbocycles. The van der Waals surface area contributed by atoms with Gasteiger partial charge in [-0.3, -0.25) is 9.59 Å². The van der Waals surface area contributed by atoms with Gasteiger partial charge in [0.15, 0.2) is 0 Å². The van der Waals surface area contributed by atoms with Crippen LogP contribution in [0.15, 0.2) is 30.5 Å². The molecule has 0 spiro atoms. The molecule has 5 nitrogen and oxygen atoms in total. The van der Waals surface area contributed by atoms with Crippen LogP contribution in [0.3, 0.4) is 0 Å². The molecule has 2 heterocycles. The first-order chi connectivity index (χ1) is 10.1. The van der Waals surface area contributed by atoms with Crippen molar-refractivity contribution in [2.45, 2.75) is 25.8 Å². The number of hydrogen-bond donors (Lipinski definition) is 1. The average Bonchev–Trinajstić information content (AvgIpc) is 2.86. The number of hydrogen-bond acceptors (Lipinski definition) is 4. The summed E-state index contributed by atoms with van der Waals surface area (Å²) in [5, 5.41) is 8.86. The van der Waals surface area contributed by atoms with Gasteiger partial charge in [0.05, 0.1) is 0 Å². The number of primary amides is 1. The van der Waals surface area contributed by atoms with Crippen LogP contribution in [-0.2, 0) is 9.59 Å². The first-order valence-electron chi connectivity index (χ1n) is 6.56. The molecular weight excluding hydrogens is 286 g/mol. The maximum Gasteiger partial charge on any atom is 0.240 e. The van der Waals surface area contributed by atoms with Crippen molar-refractivity contribution in [3.63, 3.8) is 0 Å². The molecule has 108 valence electrons. The van der Waals surface area contributed by atoms with Gasteiger partial charge in [0.1, 0.15) is 17.0 Å². The molecule has 21 heavy (non-hydrogen) atoms. The number of thiophene rings is 1. The molecule has 2 rings (SSSR count). The lowest BCUT2D eigenvalue weighted by molar-refractivity contribution is -0.135. The predicted octanol–water partition coefficient (Wildman–Crippen LogP) is 2.01. The van der Waals surface area contributed by atoms with Crippen LogP contribution in [-0.4, -0.2) is 22.8 Å². The third kappa shape index (κ3) is 3.20. The summed E-state index contributed by atoms with van der Waals surface area (Å²) in [4.78, 5) is 26.5. The van der Waals surface area contributed by atoms with Crippen molar-refractivity contribution in [2.75, 3.05) is 0 Å². The molecule has 2 N–H and O–H groups in total. The van der Waals surface area contributed by atoms with Gasteiger partial charge in [-0.05, 0) is 30.2 Å². The standard InChI is InChI=1S/C15H15N3O2S/c1-2-12(15(17)20)18-8-7-10(3-6-14(18)19)13-5-4-11(9-16)21-13/h3-5,7-8,12H,2,6H2,1H3,(H2,17,20). The molecule has 0 aromatic carbocycles. The Hall–Kier alpha value is -2.39. The predicted molar refractivity (Wildman–Crippen MR) is 80.9 cm³/mol. The van der Waals surface area contributed by atoms with Crippen molar-refractivity contribution in [3.8, 4) is 6.07 Å². The van der Waals surface area contributed by atoms with E-state index in [1.165, 1.54) is 16.2 Å². The highest BCUT2D eigenvalue weighted by Gasteiger charge is 2.25. The summed E-state index contributed by atoms with van der Waals surface area (Å²) in [6, 6.07) is 5.06. The van der Waals surface area contributed by atoms with Gasteiger partial charge >= 0.3 is 0 Å². The zero-order chi connectivity index (χ0) is 15.4. The van der Waals surface area contributed by atoms with E-state index in [1.807, 2.05) is 13.0 Å². The Bertz CT molecular complexity index is 667. The molecular formula is C15H15N3O2S. The minimum atomic E-state index is -0.625. The molecule has 0 fully saturated rings. The lowest BCUT2D eigenvalue weighted by atomic mass is 10.1. The van der Waals surface area contributed by atoms with Crippen LogP contribution >= 0.6 is 11.3 Å². The minimum absolute atomic E-state index is 0.163. The van der Waals surface area contributed by atoms with Crippen LogP contribution in [0, 0.1) is 11.3 Å². The summed E-state index contributed by atoms with van der Waals surface area (Å²) in [6.07, 6.45) is 5.86. The Balaban J connectivity index is 2.28. The van der Waals surface area contributed by atoms with E-state index in [0.29, 0.717) is 11.3 Å². The molecule has 0 saturated heterocycles. The molecule has 1 atom stereocenters. The Morgan fingerprint density at radius 2 is 2.33 bits per heavy atom. The lowest BCUT2D eigenvalue weighted by Crippen LogP contribution is -2.44. The summed E-state index contributed by atoms with van der Waals surface area (Å²) >= 11 is 1.37. The van der Waals surface area contributed by atoms with E-state index in [1.54, 1.807) is 24.4 Å². The van der Waals surface area contributed by atoms with E-state index in [4.69, 9.17) is 11.0 Å². The van der Waals surface area contributed by atoms with Gasteiger partial charge < -0.3 is 10.6 Å². The van der Waals surface area contributed by atoms with Crippen LogP contribution in [0.1, 0.15) is 29.5 Å². The molecule has 1 aromatic heterocycles. The summed E-state index contributed by atoms with van der Waals surface area (Å²) in [7, 11) is 0. The van der Waals surface area contributed by atoms with Crippen LogP contribution in [0.2, 0.25) is 0 Å². The zero-order valence-electron chi connectivity index (χ0n) is 11.6. The van der Waals surface area contributed by atoms with E-state index in [-0.39, 0.29) is 12.3 Å². The first-order valence-corrected chi connectivity index (χ1v) is 7.37. The van der Waals surface area contributed by atoms with Crippen molar-refractivity contribution in [1.82, 2.24) is 4.90 Å². The number of nitriles is 1. The SMILES string of the molecule is CCC(C(N)=O)N1C=CC(c2ccc(C#N)s2)=CCC1=O. The molecule has 1 aliphatic heterocycles. The molecule has 0 bridgehead atoms. The quantitative estimate of drug-likeness (QED) is 0.922. The molecule has 1 unspecified atom stereocenters. The van der Waals surface area contributed by atoms with Gasteiger partial charge in [-0.15, -0.1) is 11.3 Å². The Morgan fingerprint density at radius 3 is 2.90 bits per heavy atom. The van der Waals surface area contributed by atoms with Crippen molar-refractivity contribution in [2.24, 2.45) is 5.73 Å². The van der Waals surface area contributed by atoms with Gasteiger partial charge in [-0.1, -0.05) is 13.0 Å². The highest BCUT2D eigenvalue weighted by atomic mass is 32.1. The van der Waals surface area contributed by atoms with Crippen molar-refractivity contribution in [3.05, 3.63) is 40.2 Å². The van der Waals surface area contributed by atoms with Gasteiger partial charge in [0.2, 0.25) is 11.8 Å². The van der Waals surface area contributed by atoms with E-state index in [9.17, 15) is 9.59 Å². The second-order valence-electron chi connectivity index (χ2n) is 4.58. The summed E-state index contributed by atoms with van der Waals surface area (Å²) < 4.78 is 0. The second kappa shape index (κ2) is 6.37. The summed E-state index contributed by atoms with van der Waals surface area (Å²) in [6.45, 7) is 1.81. The first kappa shape index (κ1) is 15.0. The highest BCUT2D eigenvalue weighted by molar-refractivity contribution is 7.13. The Labute approximate surface area is 127 Å². The fourth-order valence-electron chi connectivity index (χ4n) is 2.16. The summed E-state index contributed by atoms with van der Waals surface area (Å²) in [5.74, 6) is -0.675. The van der Waals surface area contributed by atoms with Crippen molar-refractivity contribution >= 4 is 28.7 Å². The molecule has 0 saturated carbocycles. The fourth-order valence-corrected chi connectivity index (χ4v) is 2.99. The minimum Gasteiger partial charge on any atom is -0.368 e. The smallest absolute Gasteiger partial charge is 0.240 e. The van der Waals surface area contributed by atoms with Crippen LogP contribution in [0.5, 0.6) is 0 Å². The van der Waals surface area contributed by atoms with E-state index < -0.39 is 11.9 Å². The van der Waals surface area contributed by atoms with Gasteiger partial charge in [-0.2, -0.15) is 5.26 Å². The zero-order valence-corrected chi connectivity index (χ0v) is 12.4. The average molecular weight is 301 g/mol. The van der Waals surface area contributed by atoms with Crippen LogP contribution in [0.4, 0.5) is 0 Å². The van der Waals surface area contributed by atoms with E-state index in [0.717, 1.165) is 10.5 Å². The third-order valence-corrected chi connectivity index (χ3v) is 4.29. The normalized spacial score (nSPS) is 16.1. The number of allylic oxidation sites excluding steroid dienone is 2. The summed E-state index contributed by atoms with van der Waals surface area (Å²) in [5.41, 5.74) is 6.21. The van der Waals surface area contributed by atoms with Crippen LogP contribution < -0.4 is 5.73 Å². The van der Waals surface area contributed by atoms with Gasteiger partial charge in [-0.25, -0.2) is 0 Å². The lowest BCUT2D eigenvalue weighted by Gasteiger charge is -2.24. The van der Waals surface area contributed by atoms with Gasteiger partial charge in [0.25, 0.3) is 0 Å². The maximum absolute atomic E-state index is 12.1. The fraction of sp³-hybridized carbons (Fsp3) is 0.267. The number of carbonyl (C=O) groups is 2. The molecule has 0 radical (unpaired) electrons. The largest absolute Gasteiger partial charge is 0.368 e. The van der Waals surface area contributed by atoms with Crippen molar-refractivity contribution < 1.29 is 9.59 Å². The maximum atomic E-state index is 12.1. The number of rotatable bonds is 4. The molecule has 2 amide bonds. The number of nitrogens with zero attached hydrogens (tertiary/aromatic N) is 2. The van der Waals surface area contributed by atoms with E-state index >= 15 is 0 Å². The number of carbonyl (C=O) groups excluding carboxylic acids is 2. The third-order valence-electron chi connectivity index (χ3n) is 3.25. The monoisotopic (exact) mass is 301 g/mol. The topological polar surface area (TPSA) is 87.2 Å². The second-order valence-corrected chi connectivity index (χ2v) is 5.67. The van der Waals surface area contributed by atoms with E-state index in [2.05, 4.69) is 6.07 Å². The Morgan fingerprint density at radius 1 is 1.57 bits per heavy atom. The number of nitrogens with two attached hydrogens (primary N) is 1. The molecule has 1 aliphatic rings.